The van der Waals surface area contributed by atoms with Crippen LogP contribution in [0.25, 0.3) is 11.1 Å². The number of hydrogen-bond donors (Lipinski definition) is 1. The van der Waals surface area contributed by atoms with Crippen molar-refractivity contribution >= 4 is 11.6 Å². The summed E-state index contributed by atoms with van der Waals surface area (Å²) < 4.78 is 5.07. The van der Waals surface area contributed by atoms with Crippen molar-refractivity contribution in [1.29, 1.82) is 0 Å². The third kappa shape index (κ3) is 3.57. The number of nitrogens with two attached hydrogens (primary N) is 1. The van der Waals surface area contributed by atoms with Crippen LogP contribution in [-0.4, -0.2) is 13.7 Å². The molecule has 2 N–H and O–H groups in total. The van der Waals surface area contributed by atoms with E-state index in [4.69, 9.17) is 22.1 Å². The summed E-state index contributed by atoms with van der Waals surface area (Å²) in [4.78, 5) is 0. The Bertz CT molecular complexity index is 537. The van der Waals surface area contributed by atoms with E-state index in [-0.39, 0.29) is 0 Å². The van der Waals surface area contributed by atoms with Gasteiger partial charge in [0.15, 0.2) is 0 Å². The Kier molecular flexibility index (Phi) is 4.97. The molecule has 0 fully saturated rings. The van der Waals surface area contributed by atoms with Gasteiger partial charge in [-0.05, 0) is 29.2 Å². The Balaban J connectivity index is 2.22. The van der Waals surface area contributed by atoms with Crippen LogP contribution in [-0.2, 0) is 17.7 Å². The minimum atomic E-state index is 0.510. The van der Waals surface area contributed by atoms with Gasteiger partial charge < -0.3 is 10.5 Å². The van der Waals surface area contributed by atoms with Gasteiger partial charge in [0, 0.05) is 24.2 Å². The zero-order valence-electron chi connectivity index (χ0n) is 11.0. The normalized spacial score (nSPS) is 10.7. The summed E-state index contributed by atoms with van der Waals surface area (Å²) in [7, 11) is 1.72. The van der Waals surface area contributed by atoms with Crippen LogP contribution in [0, 0.1) is 0 Å². The molecule has 19 heavy (non-hydrogen) atoms. The molecule has 0 aliphatic carbocycles. The van der Waals surface area contributed by atoms with Crippen molar-refractivity contribution in [3.05, 3.63) is 58.6 Å². The van der Waals surface area contributed by atoms with Gasteiger partial charge >= 0.3 is 0 Å². The number of benzene rings is 2. The zero-order valence-corrected chi connectivity index (χ0v) is 11.8. The van der Waals surface area contributed by atoms with Gasteiger partial charge in [0.2, 0.25) is 0 Å². The van der Waals surface area contributed by atoms with Crippen molar-refractivity contribution in [2.24, 2.45) is 5.73 Å². The molecular formula is C16H18ClNO. The lowest BCUT2D eigenvalue weighted by atomic mass is 10.0. The molecule has 3 heteroatoms. The summed E-state index contributed by atoms with van der Waals surface area (Å²) >= 11 is 6.29. The molecule has 0 unspecified atom stereocenters. The fourth-order valence-corrected chi connectivity index (χ4v) is 2.30. The standard InChI is InChI=1S/C16H18ClNO/c1-19-9-8-12-2-5-14(6-3-12)15-7-4-13(11-18)10-16(15)17/h2-7,10H,8-9,11,18H2,1H3. The Labute approximate surface area is 119 Å². The lowest BCUT2D eigenvalue weighted by molar-refractivity contribution is 0.202. The van der Waals surface area contributed by atoms with E-state index in [1.165, 1.54) is 5.56 Å². The predicted octanol–water partition coefficient (Wildman–Crippen LogP) is 3.65. The third-order valence-electron chi connectivity index (χ3n) is 3.13. The molecule has 2 nitrogen and oxygen atoms in total. The average molecular weight is 276 g/mol. The molecule has 0 atom stereocenters. The number of ether oxygens (including phenoxy) is 1. The molecule has 0 saturated carbocycles. The van der Waals surface area contributed by atoms with Gasteiger partial charge in [-0.2, -0.15) is 0 Å². The van der Waals surface area contributed by atoms with Crippen LogP contribution in [0.15, 0.2) is 42.5 Å². The average Bonchev–Trinajstić information content (AvgIpc) is 2.45. The van der Waals surface area contributed by atoms with Gasteiger partial charge in [-0.3, -0.25) is 0 Å². The molecule has 2 aromatic rings. The molecule has 0 aliphatic rings. The molecule has 0 spiro atoms. The van der Waals surface area contributed by atoms with Crippen molar-refractivity contribution in [2.45, 2.75) is 13.0 Å². The number of methoxy groups -OCH3 is 1. The largest absolute Gasteiger partial charge is 0.384 e. The highest BCUT2D eigenvalue weighted by Crippen LogP contribution is 2.29. The minimum Gasteiger partial charge on any atom is -0.384 e. The minimum absolute atomic E-state index is 0.510. The van der Waals surface area contributed by atoms with Crippen LogP contribution in [0.4, 0.5) is 0 Å². The van der Waals surface area contributed by atoms with Crippen molar-refractivity contribution in [2.75, 3.05) is 13.7 Å². The smallest absolute Gasteiger partial charge is 0.0502 e. The summed E-state index contributed by atoms with van der Waals surface area (Å²) in [6.07, 6.45) is 0.927. The first-order chi connectivity index (χ1) is 9.24. The summed E-state index contributed by atoms with van der Waals surface area (Å²) in [6.45, 7) is 1.25. The highest BCUT2D eigenvalue weighted by Gasteiger charge is 2.04. The summed E-state index contributed by atoms with van der Waals surface area (Å²) in [6, 6.07) is 14.4. The molecule has 0 saturated heterocycles. The molecule has 2 rings (SSSR count). The Morgan fingerprint density at radius 2 is 1.74 bits per heavy atom. The number of rotatable bonds is 5. The SMILES string of the molecule is COCCc1ccc(-c2ccc(CN)cc2Cl)cc1. The van der Waals surface area contributed by atoms with E-state index < -0.39 is 0 Å². The van der Waals surface area contributed by atoms with E-state index in [0.717, 1.165) is 34.7 Å². The van der Waals surface area contributed by atoms with Gasteiger partial charge in [0.05, 0.1) is 6.61 Å². The second-order valence-corrected chi connectivity index (χ2v) is 4.87. The van der Waals surface area contributed by atoms with Gasteiger partial charge in [0.25, 0.3) is 0 Å². The third-order valence-corrected chi connectivity index (χ3v) is 3.44. The van der Waals surface area contributed by atoms with E-state index in [0.29, 0.717) is 6.54 Å². The van der Waals surface area contributed by atoms with Gasteiger partial charge in [-0.25, -0.2) is 0 Å². The maximum Gasteiger partial charge on any atom is 0.0502 e. The van der Waals surface area contributed by atoms with Gasteiger partial charge in [0.1, 0.15) is 0 Å². The van der Waals surface area contributed by atoms with Crippen LogP contribution in [0.2, 0.25) is 5.02 Å². The first-order valence-electron chi connectivity index (χ1n) is 6.31. The van der Waals surface area contributed by atoms with Crippen molar-refractivity contribution < 1.29 is 4.74 Å². The van der Waals surface area contributed by atoms with Crippen LogP contribution in [0.1, 0.15) is 11.1 Å². The van der Waals surface area contributed by atoms with E-state index in [1.54, 1.807) is 7.11 Å². The van der Waals surface area contributed by atoms with Crippen molar-refractivity contribution in [1.82, 2.24) is 0 Å². The van der Waals surface area contributed by atoms with Crippen LogP contribution in [0.5, 0.6) is 0 Å². The number of hydrogen-bond acceptors (Lipinski definition) is 2. The molecule has 100 valence electrons. The second-order valence-electron chi connectivity index (χ2n) is 4.46. The maximum atomic E-state index is 6.29. The molecule has 0 heterocycles. The Morgan fingerprint density at radius 1 is 1.05 bits per heavy atom. The van der Waals surface area contributed by atoms with Gasteiger partial charge in [-0.15, -0.1) is 0 Å². The highest BCUT2D eigenvalue weighted by molar-refractivity contribution is 6.33. The molecule has 0 aromatic heterocycles. The van der Waals surface area contributed by atoms with Crippen LogP contribution in [0.3, 0.4) is 0 Å². The lowest BCUT2D eigenvalue weighted by Crippen LogP contribution is -1.96. The highest BCUT2D eigenvalue weighted by atomic mass is 35.5. The van der Waals surface area contributed by atoms with Crippen LogP contribution >= 0.6 is 11.6 Å². The maximum absolute atomic E-state index is 6.29. The van der Waals surface area contributed by atoms with Crippen LogP contribution < -0.4 is 5.73 Å². The fraction of sp³-hybridized carbons (Fsp3) is 0.250. The summed E-state index contributed by atoms with van der Waals surface area (Å²) in [5.41, 5.74) is 10.1. The quantitative estimate of drug-likeness (QED) is 0.904. The lowest BCUT2D eigenvalue weighted by Gasteiger charge is -2.08. The number of halogens is 1. The molecular weight excluding hydrogens is 258 g/mol. The molecule has 0 bridgehead atoms. The van der Waals surface area contributed by atoms with E-state index in [2.05, 4.69) is 24.3 Å². The predicted molar refractivity (Wildman–Crippen MR) is 80.4 cm³/mol. The second kappa shape index (κ2) is 6.71. The van der Waals surface area contributed by atoms with Gasteiger partial charge in [-0.1, -0.05) is 48.0 Å². The molecule has 0 aliphatic heterocycles. The monoisotopic (exact) mass is 275 g/mol. The summed E-state index contributed by atoms with van der Waals surface area (Å²) in [5.74, 6) is 0. The molecule has 0 radical (unpaired) electrons. The van der Waals surface area contributed by atoms with Crippen molar-refractivity contribution in [3.8, 4) is 11.1 Å². The first-order valence-corrected chi connectivity index (χ1v) is 6.69. The Hall–Kier alpha value is -1.35. The molecule has 2 aromatic carbocycles. The molecule has 0 amide bonds. The van der Waals surface area contributed by atoms with E-state index in [9.17, 15) is 0 Å². The topological polar surface area (TPSA) is 35.2 Å². The zero-order chi connectivity index (χ0) is 13.7. The fourth-order valence-electron chi connectivity index (χ4n) is 1.99. The first kappa shape index (κ1) is 14.1. The van der Waals surface area contributed by atoms with Crippen molar-refractivity contribution in [3.63, 3.8) is 0 Å². The Morgan fingerprint density at radius 3 is 2.32 bits per heavy atom. The summed E-state index contributed by atoms with van der Waals surface area (Å²) in [5, 5.41) is 0.743. The van der Waals surface area contributed by atoms with E-state index >= 15 is 0 Å². The van der Waals surface area contributed by atoms with E-state index in [1.807, 2.05) is 18.2 Å².